The number of carbonyl (C=O) groups excluding carboxylic acids is 1. The fourth-order valence-corrected chi connectivity index (χ4v) is 1.42. The van der Waals surface area contributed by atoms with Gasteiger partial charge in [0.25, 0.3) is 0 Å². The molecule has 0 aromatic heterocycles. The number of rotatable bonds is 3. The van der Waals surface area contributed by atoms with Crippen LogP contribution in [0.1, 0.15) is 18.1 Å². The molecule has 0 aliphatic rings. The van der Waals surface area contributed by atoms with Crippen LogP contribution in [0, 0.1) is 13.8 Å². The Labute approximate surface area is 94.8 Å². The molecule has 1 atom stereocenters. The van der Waals surface area contributed by atoms with Gasteiger partial charge >= 0.3 is 5.97 Å². The Balaban J connectivity index is 2.93. The molecule has 88 valence electrons. The molecule has 1 rings (SSSR count). The normalized spacial score (nSPS) is 12.0. The highest BCUT2D eigenvalue weighted by atomic mass is 16.6. The first kappa shape index (κ1) is 12.4. The van der Waals surface area contributed by atoms with Crippen LogP contribution in [-0.2, 0) is 9.53 Å². The fraction of sp³-hybridized carbons (Fsp3) is 0.417. The zero-order valence-electron chi connectivity index (χ0n) is 9.90. The molecule has 0 saturated carbocycles. The van der Waals surface area contributed by atoms with Crippen molar-refractivity contribution in [3.8, 4) is 11.5 Å². The van der Waals surface area contributed by atoms with Crippen LogP contribution in [0.15, 0.2) is 12.1 Å². The van der Waals surface area contributed by atoms with E-state index in [4.69, 9.17) is 4.74 Å². The van der Waals surface area contributed by atoms with E-state index in [1.807, 2.05) is 13.0 Å². The van der Waals surface area contributed by atoms with Crippen molar-refractivity contribution in [2.24, 2.45) is 0 Å². The van der Waals surface area contributed by atoms with E-state index in [1.165, 1.54) is 7.11 Å². The number of aryl methyl sites for hydroxylation is 2. The Morgan fingerprint density at radius 2 is 2.00 bits per heavy atom. The zero-order chi connectivity index (χ0) is 12.3. The SMILES string of the molecule is COC(=O)C(C)Oc1cc(C)cc(C)c1O. The summed E-state index contributed by atoms with van der Waals surface area (Å²) in [6.45, 7) is 5.24. The quantitative estimate of drug-likeness (QED) is 0.797. The summed E-state index contributed by atoms with van der Waals surface area (Å²) in [5, 5.41) is 9.75. The molecule has 0 fully saturated rings. The van der Waals surface area contributed by atoms with Gasteiger partial charge in [-0.3, -0.25) is 0 Å². The lowest BCUT2D eigenvalue weighted by Gasteiger charge is -2.15. The van der Waals surface area contributed by atoms with Crippen LogP contribution in [0.5, 0.6) is 11.5 Å². The van der Waals surface area contributed by atoms with Crippen LogP contribution in [0.2, 0.25) is 0 Å². The average molecular weight is 224 g/mol. The van der Waals surface area contributed by atoms with Crippen LogP contribution in [0.4, 0.5) is 0 Å². The van der Waals surface area contributed by atoms with Gasteiger partial charge in [0.1, 0.15) is 0 Å². The molecular weight excluding hydrogens is 208 g/mol. The predicted octanol–water partition coefficient (Wildman–Crippen LogP) is 1.95. The molecule has 1 unspecified atom stereocenters. The van der Waals surface area contributed by atoms with E-state index >= 15 is 0 Å². The van der Waals surface area contributed by atoms with Gasteiger partial charge in [-0.15, -0.1) is 0 Å². The number of hydrogen-bond acceptors (Lipinski definition) is 4. The first-order valence-corrected chi connectivity index (χ1v) is 5.00. The predicted molar refractivity (Wildman–Crippen MR) is 59.7 cm³/mol. The lowest BCUT2D eigenvalue weighted by Crippen LogP contribution is -2.25. The summed E-state index contributed by atoms with van der Waals surface area (Å²) in [6.07, 6.45) is -0.739. The average Bonchev–Trinajstić information content (AvgIpc) is 2.23. The van der Waals surface area contributed by atoms with Gasteiger partial charge in [-0.1, -0.05) is 6.07 Å². The third-order valence-corrected chi connectivity index (χ3v) is 2.25. The number of hydrogen-bond donors (Lipinski definition) is 1. The minimum absolute atomic E-state index is 0.0568. The number of aromatic hydroxyl groups is 1. The van der Waals surface area contributed by atoms with Crippen LogP contribution in [0.25, 0.3) is 0 Å². The highest BCUT2D eigenvalue weighted by Gasteiger charge is 2.17. The third-order valence-electron chi connectivity index (χ3n) is 2.25. The molecule has 1 aromatic rings. The summed E-state index contributed by atoms with van der Waals surface area (Å²) in [4.78, 5) is 11.2. The largest absolute Gasteiger partial charge is 0.504 e. The molecule has 0 heterocycles. The van der Waals surface area contributed by atoms with Crippen LogP contribution in [0.3, 0.4) is 0 Å². The van der Waals surface area contributed by atoms with Crippen molar-refractivity contribution in [3.63, 3.8) is 0 Å². The maximum Gasteiger partial charge on any atom is 0.346 e. The molecule has 0 saturated heterocycles. The lowest BCUT2D eigenvalue weighted by molar-refractivity contribution is -0.147. The molecular formula is C12H16O4. The fourth-order valence-electron chi connectivity index (χ4n) is 1.42. The maximum absolute atomic E-state index is 11.2. The monoisotopic (exact) mass is 224 g/mol. The second kappa shape index (κ2) is 4.88. The van der Waals surface area contributed by atoms with Crippen LogP contribution >= 0.6 is 0 Å². The molecule has 16 heavy (non-hydrogen) atoms. The summed E-state index contributed by atoms with van der Waals surface area (Å²) >= 11 is 0. The first-order valence-electron chi connectivity index (χ1n) is 5.00. The number of phenolic OH excluding ortho intramolecular Hbond substituents is 1. The Kier molecular flexibility index (Phi) is 3.77. The number of phenols is 1. The van der Waals surface area contributed by atoms with E-state index in [0.717, 1.165) is 5.56 Å². The van der Waals surface area contributed by atoms with Crippen molar-refractivity contribution < 1.29 is 19.4 Å². The van der Waals surface area contributed by atoms with Crippen LogP contribution in [-0.4, -0.2) is 24.3 Å². The Bertz CT molecular complexity index is 398. The summed E-state index contributed by atoms with van der Waals surface area (Å²) in [5.41, 5.74) is 1.68. The zero-order valence-corrected chi connectivity index (χ0v) is 9.90. The lowest BCUT2D eigenvalue weighted by atomic mass is 10.1. The maximum atomic E-state index is 11.2. The number of esters is 1. The molecule has 0 amide bonds. The van der Waals surface area contributed by atoms with E-state index in [9.17, 15) is 9.90 Å². The standard InChI is InChI=1S/C12H16O4/c1-7-5-8(2)11(13)10(6-7)16-9(3)12(14)15-4/h5-6,9,13H,1-4H3. The molecule has 0 aliphatic carbocycles. The van der Waals surface area contributed by atoms with Gasteiger partial charge in [-0.05, 0) is 38.0 Å². The summed E-state index contributed by atoms with van der Waals surface area (Å²) in [5.74, 6) is -0.115. The smallest absolute Gasteiger partial charge is 0.346 e. The Hall–Kier alpha value is -1.71. The van der Waals surface area contributed by atoms with Gasteiger partial charge in [0.15, 0.2) is 17.6 Å². The van der Waals surface area contributed by atoms with Crippen molar-refractivity contribution in [1.29, 1.82) is 0 Å². The van der Waals surface area contributed by atoms with Gasteiger partial charge in [0.2, 0.25) is 0 Å². The third kappa shape index (κ3) is 2.66. The van der Waals surface area contributed by atoms with Crippen molar-refractivity contribution >= 4 is 5.97 Å². The molecule has 4 heteroatoms. The van der Waals surface area contributed by atoms with Crippen molar-refractivity contribution in [1.82, 2.24) is 0 Å². The van der Waals surface area contributed by atoms with Gasteiger partial charge in [0, 0.05) is 0 Å². The second-order valence-corrected chi connectivity index (χ2v) is 3.71. The van der Waals surface area contributed by atoms with Crippen molar-refractivity contribution in [3.05, 3.63) is 23.3 Å². The van der Waals surface area contributed by atoms with Crippen molar-refractivity contribution in [2.75, 3.05) is 7.11 Å². The van der Waals surface area contributed by atoms with E-state index in [1.54, 1.807) is 19.9 Å². The molecule has 0 spiro atoms. The number of methoxy groups -OCH3 is 1. The van der Waals surface area contributed by atoms with E-state index < -0.39 is 12.1 Å². The van der Waals surface area contributed by atoms with E-state index in [2.05, 4.69) is 4.74 Å². The molecule has 0 aliphatic heterocycles. The van der Waals surface area contributed by atoms with Gasteiger partial charge in [-0.2, -0.15) is 0 Å². The Morgan fingerprint density at radius 1 is 1.38 bits per heavy atom. The summed E-state index contributed by atoms with van der Waals surface area (Å²) in [7, 11) is 1.30. The Morgan fingerprint density at radius 3 is 2.56 bits per heavy atom. The van der Waals surface area contributed by atoms with E-state index in [0.29, 0.717) is 11.3 Å². The topological polar surface area (TPSA) is 55.8 Å². The van der Waals surface area contributed by atoms with Gasteiger partial charge in [0.05, 0.1) is 7.11 Å². The number of carbonyl (C=O) groups is 1. The minimum atomic E-state index is -0.739. The number of benzene rings is 1. The van der Waals surface area contributed by atoms with Crippen molar-refractivity contribution in [2.45, 2.75) is 26.9 Å². The van der Waals surface area contributed by atoms with E-state index in [-0.39, 0.29) is 5.75 Å². The van der Waals surface area contributed by atoms with Gasteiger partial charge in [-0.25, -0.2) is 4.79 Å². The number of ether oxygens (including phenoxy) is 2. The first-order chi connectivity index (χ1) is 7.45. The molecule has 1 aromatic carbocycles. The molecule has 0 radical (unpaired) electrons. The van der Waals surface area contributed by atoms with Crippen LogP contribution < -0.4 is 4.74 Å². The molecule has 1 N–H and O–H groups in total. The molecule has 4 nitrogen and oxygen atoms in total. The highest BCUT2D eigenvalue weighted by Crippen LogP contribution is 2.31. The summed E-state index contributed by atoms with van der Waals surface area (Å²) < 4.78 is 9.87. The second-order valence-electron chi connectivity index (χ2n) is 3.71. The molecule has 0 bridgehead atoms. The minimum Gasteiger partial charge on any atom is -0.504 e. The van der Waals surface area contributed by atoms with Gasteiger partial charge < -0.3 is 14.6 Å². The summed E-state index contributed by atoms with van der Waals surface area (Å²) in [6, 6.07) is 3.52. The highest BCUT2D eigenvalue weighted by molar-refractivity contribution is 5.74.